The van der Waals surface area contributed by atoms with Crippen LogP contribution in [0.4, 0.5) is 0 Å². The van der Waals surface area contributed by atoms with Crippen molar-refractivity contribution in [3.05, 3.63) is 35.9 Å². The smallest absolute Gasteiger partial charge is 0.220 e. The third kappa shape index (κ3) is 4.06. The highest BCUT2D eigenvalue weighted by molar-refractivity contribution is 7.89. The fourth-order valence-electron chi connectivity index (χ4n) is 4.03. The predicted molar refractivity (Wildman–Crippen MR) is 101 cm³/mol. The Hall–Kier alpha value is -0.990. The minimum Gasteiger partial charge on any atom is -0.298 e. The van der Waals surface area contributed by atoms with Gasteiger partial charge in [-0.05, 0) is 32.8 Å². The van der Waals surface area contributed by atoms with Crippen LogP contribution in [0.2, 0.25) is 0 Å². The minimum atomic E-state index is -3.29. The van der Waals surface area contributed by atoms with Gasteiger partial charge in [0.25, 0.3) is 0 Å². The van der Waals surface area contributed by atoms with E-state index in [9.17, 15) is 8.42 Å². The summed E-state index contributed by atoms with van der Waals surface area (Å²) in [5.41, 5.74) is 7.43. The van der Waals surface area contributed by atoms with Crippen molar-refractivity contribution < 1.29 is 8.42 Å². The van der Waals surface area contributed by atoms with Gasteiger partial charge in [0.05, 0.1) is 0 Å². The first kappa shape index (κ1) is 18.8. The van der Waals surface area contributed by atoms with Gasteiger partial charge in [-0.3, -0.25) is 15.8 Å². The zero-order chi connectivity index (χ0) is 18.0. The van der Waals surface area contributed by atoms with Crippen molar-refractivity contribution in [2.24, 2.45) is 0 Å². The van der Waals surface area contributed by atoms with E-state index in [1.54, 1.807) is 4.31 Å². The van der Waals surface area contributed by atoms with Gasteiger partial charge in [-0.1, -0.05) is 30.3 Å². The van der Waals surface area contributed by atoms with Crippen molar-refractivity contribution >= 4 is 10.0 Å². The van der Waals surface area contributed by atoms with E-state index < -0.39 is 15.3 Å². The molecule has 0 amide bonds. The molecule has 3 atom stereocenters. The summed E-state index contributed by atoms with van der Waals surface area (Å²) >= 11 is 0. The molecular weight excluding hydrogens is 336 g/mol. The Bertz CT molecular complexity index is 649. The largest absolute Gasteiger partial charge is 0.298 e. The summed E-state index contributed by atoms with van der Waals surface area (Å²) in [6.45, 7) is 8.84. The third-order valence-corrected chi connectivity index (χ3v) is 8.09. The maximum atomic E-state index is 13.0. The van der Waals surface area contributed by atoms with Crippen molar-refractivity contribution in [3.8, 4) is 0 Å². The number of piperazine rings is 1. The number of nitrogens with one attached hydrogen (secondary N) is 2. The number of hydrogen-bond acceptors (Lipinski definition) is 5. The van der Waals surface area contributed by atoms with Crippen molar-refractivity contribution in [3.63, 3.8) is 0 Å². The molecule has 3 rings (SSSR count). The van der Waals surface area contributed by atoms with Crippen LogP contribution in [0.5, 0.6) is 0 Å². The second-order valence-electron chi connectivity index (χ2n) is 7.35. The zero-order valence-electron chi connectivity index (χ0n) is 15.4. The number of hydrazine groups is 1. The Labute approximate surface area is 151 Å². The molecule has 2 N–H and O–H groups in total. The van der Waals surface area contributed by atoms with Gasteiger partial charge in [-0.2, -0.15) is 4.31 Å². The number of hydrogen-bond donors (Lipinski definition) is 2. The average Bonchev–Trinajstić information content (AvgIpc) is 2.95. The van der Waals surface area contributed by atoms with Crippen LogP contribution in [0.1, 0.15) is 26.3 Å². The average molecular weight is 367 g/mol. The first-order chi connectivity index (χ1) is 11.9. The fraction of sp³-hybridized carbons (Fsp3) is 0.667. The molecule has 2 saturated heterocycles. The van der Waals surface area contributed by atoms with Crippen LogP contribution >= 0.6 is 0 Å². The Balaban J connectivity index is 1.58. The van der Waals surface area contributed by atoms with Crippen LogP contribution in [-0.4, -0.2) is 67.2 Å². The Morgan fingerprint density at radius 3 is 2.16 bits per heavy atom. The first-order valence-electron chi connectivity index (χ1n) is 9.17. The lowest BCUT2D eigenvalue weighted by Crippen LogP contribution is -2.55. The van der Waals surface area contributed by atoms with E-state index in [0.29, 0.717) is 19.1 Å². The molecule has 0 radical (unpaired) electrons. The van der Waals surface area contributed by atoms with Gasteiger partial charge in [0.1, 0.15) is 5.25 Å². The predicted octanol–water partition coefficient (Wildman–Crippen LogP) is 0.818. The highest BCUT2D eigenvalue weighted by Gasteiger charge is 2.44. The number of benzene rings is 1. The zero-order valence-corrected chi connectivity index (χ0v) is 16.2. The number of rotatable bonds is 5. The summed E-state index contributed by atoms with van der Waals surface area (Å²) < 4.78 is 27.7. The van der Waals surface area contributed by atoms with Crippen molar-refractivity contribution in [2.45, 2.75) is 50.6 Å². The van der Waals surface area contributed by atoms with Crippen LogP contribution in [0.15, 0.2) is 30.3 Å². The molecule has 6 nitrogen and oxygen atoms in total. The fourth-order valence-corrected chi connectivity index (χ4v) is 6.22. The summed E-state index contributed by atoms with van der Waals surface area (Å²) in [6.07, 6.45) is 0.998. The number of sulfonamides is 1. The molecule has 7 heteroatoms. The highest BCUT2D eigenvalue weighted by Crippen LogP contribution is 2.22. The van der Waals surface area contributed by atoms with E-state index in [0.717, 1.165) is 19.5 Å². The molecule has 2 fully saturated rings. The van der Waals surface area contributed by atoms with Crippen LogP contribution in [-0.2, 0) is 16.4 Å². The lowest BCUT2D eigenvalue weighted by atomic mass is 10.1. The van der Waals surface area contributed by atoms with Crippen LogP contribution in [0.3, 0.4) is 0 Å². The quantitative estimate of drug-likeness (QED) is 0.808. The second kappa shape index (κ2) is 7.72. The molecule has 2 aliphatic heterocycles. The van der Waals surface area contributed by atoms with Crippen molar-refractivity contribution in [2.75, 3.05) is 26.2 Å². The molecule has 25 heavy (non-hydrogen) atoms. The third-order valence-electron chi connectivity index (χ3n) is 5.50. The van der Waals surface area contributed by atoms with E-state index >= 15 is 0 Å². The van der Waals surface area contributed by atoms with E-state index in [1.165, 1.54) is 5.56 Å². The van der Waals surface area contributed by atoms with Gasteiger partial charge in [0.15, 0.2) is 0 Å². The SMILES string of the molecule is CC1NNC(C)C1S(=O)(=O)N1CCN(C(C)Cc2ccccc2)CC1. The lowest BCUT2D eigenvalue weighted by Gasteiger charge is -2.39. The topological polar surface area (TPSA) is 64.7 Å². The normalized spacial score (nSPS) is 30.4. The number of nitrogens with zero attached hydrogens (tertiary/aromatic N) is 2. The Kier molecular flexibility index (Phi) is 5.80. The molecule has 140 valence electrons. The van der Waals surface area contributed by atoms with Gasteiger partial charge in [0.2, 0.25) is 10.0 Å². The Morgan fingerprint density at radius 2 is 1.60 bits per heavy atom. The highest BCUT2D eigenvalue weighted by atomic mass is 32.2. The van der Waals surface area contributed by atoms with Crippen LogP contribution in [0, 0.1) is 0 Å². The molecule has 0 saturated carbocycles. The summed E-state index contributed by atoms with van der Waals surface area (Å²) in [7, 11) is -3.29. The monoisotopic (exact) mass is 366 g/mol. The molecule has 0 aliphatic carbocycles. The van der Waals surface area contributed by atoms with E-state index in [4.69, 9.17) is 0 Å². The van der Waals surface area contributed by atoms with Gasteiger partial charge in [-0.25, -0.2) is 8.42 Å². The first-order valence-corrected chi connectivity index (χ1v) is 10.7. The molecular formula is C18H30N4O2S. The maximum Gasteiger partial charge on any atom is 0.220 e. The molecule has 0 spiro atoms. The second-order valence-corrected chi connectivity index (χ2v) is 9.44. The summed E-state index contributed by atoms with van der Waals surface area (Å²) in [4.78, 5) is 2.40. The molecule has 0 bridgehead atoms. The lowest BCUT2D eigenvalue weighted by molar-refractivity contribution is 0.144. The van der Waals surface area contributed by atoms with Gasteiger partial charge < -0.3 is 0 Å². The molecule has 3 unspecified atom stereocenters. The molecule has 1 aromatic carbocycles. The van der Waals surface area contributed by atoms with E-state index in [2.05, 4.69) is 46.9 Å². The van der Waals surface area contributed by atoms with Gasteiger partial charge in [0, 0.05) is 44.3 Å². The van der Waals surface area contributed by atoms with E-state index in [1.807, 2.05) is 19.9 Å². The molecule has 0 aromatic heterocycles. The summed E-state index contributed by atoms with van der Waals surface area (Å²) in [5, 5.41) is -0.402. The molecule has 1 aromatic rings. The van der Waals surface area contributed by atoms with Gasteiger partial charge in [-0.15, -0.1) is 0 Å². The van der Waals surface area contributed by atoms with Gasteiger partial charge >= 0.3 is 0 Å². The minimum absolute atomic E-state index is 0.0740. The van der Waals surface area contributed by atoms with Crippen molar-refractivity contribution in [1.82, 2.24) is 20.1 Å². The van der Waals surface area contributed by atoms with E-state index in [-0.39, 0.29) is 12.1 Å². The van der Waals surface area contributed by atoms with Crippen molar-refractivity contribution in [1.29, 1.82) is 0 Å². The van der Waals surface area contributed by atoms with Crippen LogP contribution < -0.4 is 10.9 Å². The maximum absolute atomic E-state index is 13.0. The molecule has 2 aliphatic rings. The Morgan fingerprint density at radius 1 is 1.04 bits per heavy atom. The summed E-state index contributed by atoms with van der Waals surface area (Å²) in [6, 6.07) is 10.7. The summed E-state index contributed by atoms with van der Waals surface area (Å²) in [5.74, 6) is 0. The van der Waals surface area contributed by atoms with Crippen LogP contribution in [0.25, 0.3) is 0 Å². The molecule has 2 heterocycles. The standard InChI is InChI=1S/C18H30N4O2S/c1-14(13-17-7-5-4-6-8-17)21-9-11-22(12-10-21)25(23,24)18-15(2)19-20-16(18)3/h4-8,14-16,18-20H,9-13H2,1-3H3.